The highest BCUT2D eigenvalue weighted by Gasteiger charge is 2.19. The van der Waals surface area contributed by atoms with Crippen LogP contribution in [0.15, 0.2) is 72.2 Å². The number of unbranched alkanes of at least 4 members (excludes halogenated alkanes) is 1. The largest absolute Gasteiger partial charge is 0.402 e. The average molecular weight is 615 g/mol. The smallest absolute Gasteiger partial charge is 0.229 e. The Balaban J connectivity index is 1.38. The van der Waals surface area contributed by atoms with E-state index in [9.17, 15) is 18.3 Å². The molecule has 1 aromatic carbocycles. The van der Waals surface area contributed by atoms with Gasteiger partial charge in [0.05, 0.1) is 12.2 Å². The molecule has 0 saturated carbocycles. The van der Waals surface area contributed by atoms with Gasteiger partial charge >= 0.3 is 0 Å². The predicted octanol–water partition coefficient (Wildman–Crippen LogP) is 3.56. The molecule has 1 amide bonds. The molecule has 0 radical (unpaired) electrons. The third kappa shape index (κ3) is 12.2. The van der Waals surface area contributed by atoms with E-state index in [2.05, 4.69) is 45.2 Å². The third-order valence-electron chi connectivity index (χ3n) is 6.71. The molecular formula is C30H42N6O4S2. The number of benzene rings is 1. The average Bonchev–Trinajstić information content (AvgIpc) is 3.36. The fourth-order valence-electron chi connectivity index (χ4n) is 4.51. The minimum atomic E-state index is -3.15. The van der Waals surface area contributed by atoms with Gasteiger partial charge in [0.1, 0.15) is 17.1 Å². The van der Waals surface area contributed by atoms with Gasteiger partial charge in [-0.3, -0.25) is 4.79 Å². The number of aliphatic hydroxyl groups is 1. The number of allylic oxidation sites excluding steroid dienone is 7. The van der Waals surface area contributed by atoms with Crippen molar-refractivity contribution in [2.75, 3.05) is 18.6 Å². The summed E-state index contributed by atoms with van der Waals surface area (Å²) < 4.78 is 23.1. The summed E-state index contributed by atoms with van der Waals surface area (Å²) in [4.78, 5) is 12.5. The summed E-state index contributed by atoms with van der Waals surface area (Å²) in [6, 6.07) is 7.02. The lowest BCUT2D eigenvalue weighted by Gasteiger charge is -2.23. The molecule has 0 aliphatic heterocycles. The fraction of sp³-hybridized carbons (Fsp3) is 0.433. The Kier molecular flexibility index (Phi) is 12.8. The van der Waals surface area contributed by atoms with Gasteiger partial charge in [0.15, 0.2) is 9.84 Å². The molecule has 1 heterocycles. The predicted molar refractivity (Wildman–Crippen MR) is 169 cm³/mol. The first-order chi connectivity index (χ1) is 20.0. The molecule has 0 spiro atoms. The van der Waals surface area contributed by atoms with Crippen LogP contribution in [0.2, 0.25) is 0 Å². The molecule has 12 heteroatoms. The van der Waals surface area contributed by atoms with Crippen LogP contribution in [-0.4, -0.2) is 49.2 Å². The summed E-state index contributed by atoms with van der Waals surface area (Å²) in [7, 11) is -1.44. The van der Waals surface area contributed by atoms with Gasteiger partial charge in [0, 0.05) is 25.4 Å². The highest BCUT2D eigenvalue weighted by molar-refractivity contribution is 7.89. The van der Waals surface area contributed by atoms with Gasteiger partial charge in [-0.2, -0.15) is 0 Å². The first kappa shape index (κ1) is 33.0. The molecule has 0 fully saturated rings. The number of aryl methyl sites for hydroxylation is 1. The molecule has 3 atom stereocenters. The van der Waals surface area contributed by atoms with E-state index in [1.54, 1.807) is 43.5 Å². The topological polar surface area (TPSA) is 159 Å². The summed E-state index contributed by atoms with van der Waals surface area (Å²) in [5, 5.41) is 29.2. The lowest BCUT2D eigenvalue weighted by molar-refractivity contribution is -0.119. The van der Waals surface area contributed by atoms with Crippen LogP contribution < -0.4 is 21.7 Å². The lowest BCUT2D eigenvalue weighted by atomic mass is 9.87. The molecule has 42 heavy (non-hydrogen) atoms. The highest BCUT2D eigenvalue weighted by atomic mass is 32.2. The number of carbonyl (C=O) groups excluding carboxylic acids is 1. The lowest BCUT2D eigenvalue weighted by Crippen LogP contribution is -2.30. The summed E-state index contributed by atoms with van der Waals surface area (Å²) in [5.74, 6) is 0.902. The van der Waals surface area contributed by atoms with Gasteiger partial charge in [-0.1, -0.05) is 66.8 Å². The van der Waals surface area contributed by atoms with E-state index in [1.165, 1.54) is 17.6 Å². The van der Waals surface area contributed by atoms with Gasteiger partial charge < -0.3 is 26.8 Å². The van der Waals surface area contributed by atoms with Crippen LogP contribution in [-0.2, 0) is 33.2 Å². The Labute approximate surface area is 252 Å². The van der Waals surface area contributed by atoms with Crippen LogP contribution in [0.4, 0.5) is 5.13 Å². The minimum absolute atomic E-state index is 0.0619. The Morgan fingerprint density at radius 2 is 1.93 bits per heavy atom. The minimum Gasteiger partial charge on any atom is -0.402 e. The van der Waals surface area contributed by atoms with Crippen LogP contribution in [0.3, 0.4) is 0 Å². The summed E-state index contributed by atoms with van der Waals surface area (Å²) in [6.07, 6.45) is 16.3. The molecule has 228 valence electrons. The number of nitrogens with two attached hydrogens (primary N) is 1. The molecule has 1 aliphatic rings. The molecule has 0 bridgehead atoms. The van der Waals surface area contributed by atoms with E-state index in [0.717, 1.165) is 29.8 Å². The maximum absolute atomic E-state index is 12.5. The monoisotopic (exact) mass is 614 g/mol. The van der Waals surface area contributed by atoms with Crippen LogP contribution >= 0.6 is 11.3 Å². The summed E-state index contributed by atoms with van der Waals surface area (Å²) >= 11 is 1.45. The van der Waals surface area contributed by atoms with Crippen molar-refractivity contribution >= 4 is 32.2 Å². The molecular weight excluding hydrogens is 573 g/mol. The number of carbonyl (C=O) groups is 1. The second-order valence-electron chi connectivity index (χ2n) is 10.6. The molecule has 3 unspecified atom stereocenters. The van der Waals surface area contributed by atoms with Gasteiger partial charge in [0.25, 0.3) is 0 Å². The standard InChI is InChI=1S/C30H42N6O4S2/c1-21-9-4-5-12-24(21)19-28(38)34-30-36-35-29(41-30)14-7-6-13-25(31)15-16-26(32-2)33-27(37)18-22-10-8-11-23(17-22)20-42(3,39)40/h4-5,8-12,15-17,21,24,28,32,38H,6-7,13-14,18-20,31H2,1-3H3,(H,33,37)(H,34,36)/b25-15-,26-16+. The van der Waals surface area contributed by atoms with E-state index in [1.807, 2.05) is 12.2 Å². The Morgan fingerprint density at radius 3 is 2.67 bits per heavy atom. The normalized spacial score (nSPS) is 18.1. The van der Waals surface area contributed by atoms with Crippen molar-refractivity contribution in [3.8, 4) is 0 Å². The maximum Gasteiger partial charge on any atom is 0.229 e. The van der Waals surface area contributed by atoms with Crippen molar-refractivity contribution < 1.29 is 18.3 Å². The van der Waals surface area contributed by atoms with Gasteiger partial charge in [0.2, 0.25) is 11.0 Å². The van der Waals surface area contributed by atoms with Crippen molar-refractivity contribution in [2.45, 2.75) is 57.4 Å². The quantitative estimate of drug-likeness (QED) is 0.108. The van der Waals surface area contributed by atoms with Crippen molar-refractivity contribution in [1.29, 1.82) is 0 Å². The Hall–Kier alpha value is -3.48. The number of sulfone groups is 1. The number of amides is 1. The number of aliphatic hydroxyl groups excluding tert-OH is 1. The SMILES string of the molecule is CN/C(=C\C=C(/N)CCCCc1nnc(NC(O)CC2C=CC=CC2C)s1)NC(=O)Cc1cccc(CS(C)(=O)=O)c1. The van der Waals surface area contributed by atoms with Crippen LogP contribution in [0, 0.1) is 11.8 Å². The number of anilines is 1. The van der Waals surface area contributed by atoms with Crippen LogP contribution in [0.5, 0.6) is 0 Å². The van der Waals surface area contributed by atoms with Gasteiger partial charge in [-0.05, 0) is 60.8 Å². The fourth-order valence-corrected chi connectivity index (χ4v) is 6.12. The molecule has 6 N–H and O–H groups in total. The maximum atomic E-state index is 12.5. The zero-order valence-electron chi connectivity index (χ0n) is 24.4. The van der Waals surface area contributed by atoms with Gasteiger partial charge in [-0.15, -0.1) is 10.2 Å². The first-order valence-electron chi connectivity index (χ1n) is 14.0. The summed E-state index contributed by atoms with van der Waals surface area (Å²) in [5.41, 5.74) is 8.25. The van der Waals surface area contributed by atoms with E-state index in [-0.39, 0.29) is 24.0 Å². The van der Waals surface area contributed by atoms with Crippen LogP contribution in [0.25, 0.3) is 0 Å². The first-order valence-corrected chi connectivity index (χ1v) is 16.9. The number of nitrogens with one attached hydrogen (secondary N) is 3. The Morgan fingerprint density at radius 1 is 1.17 bits per heavy atom. The van der Waals surface area contributed by atoms with E-state index in [4.69, 9.17) is 5.73 Å². The van der Waals surface area contributed by atoms with E-state index < -0.39 is 16.1 Å². The second-order valence-corrected chi connectivity index (χ2v) is 13.8. The number of rotatable bonds is 16. The molecule has 3 rings (SSSR count). The molecule has 1 aliphatic carbocycles. The number of hydrogen-bond donors (Lipinski definition) is 5. The summed E-state index contributed by atoms with van der Waals surface area (Å²) in [6.45, 7) is 2.14. The number of hydrogen-bond acceptors (Lipinski definition) is 10. The van der Waals surface area contributed by atoms with E-state index >= 15 is 0 Å². The van der Waals surface area contributed by atoms with Gasteiger partial charge in [-0.25, -0.2) is 8.42 Å². The zero-order valence-corrected chi connectivity index (χ0v) is 26.0. The Bertz CT molecular complexity index is 1410. The highest BCUT2D eigenvalue weighted by Crippen LogP contribution is 2.25. The molecule has 2 aromatic rings. The van der Waals surface area contributed by atoms with E-state index in [0.29, 0.717) is 41.0 Å². The van der Waals surface area contributed by atoms with Crippen molar-refractivity contribution in [3.05, 3.63) is 88.4 Å². The molecule has 10 nitrogen and oxygen atoms in total. The molecule has 1 aromatic heterocycles. The number of aromatic nitrogens is 2. The van der Waals surface area contributed by atoms with Crippen LogP contribution in [0.1, 0.15) is 48.7 Å². The second kappa shape index (κ2) is 16.2. The third-order valence-corrected chi connectivity index (χ3v) is 8.48. The molecule has 0 saturated heterocycles. The van der Waals surface area contributed by atoms with Crippen molar-refractivity contribution in [2.24, 2.45) is 17.6 Å². The van der Waals surface area contributed by atoms with Crippen molar-refractivity contribution in [3.63, 3.8) is 0 Å². The zero-order chi connectivity index (χ0) is 30.5. The number of nitrogens with zero attached hydrogens (tertiary/aromatic N) is 2. The van der Waals surface area contributed by atoms with Crippen molar-refractivity contribution in [1.82, 2.24) is 20.8 Å².